The minimum Gasteiger partial charge on any atom is -0.370 e. The number of rotatable bonds is 4. The van der Waals surface area contributed by atoms with E-state index in [9.17, 15) is 4.39 Å². The number of nitrogens with one attached hydrogen (secondary N) is 1. The van der Waals surface area contributed by atoms with Gasteiger partial charge in [0.05, 0.1) is 0 Å². The summed E-state index contributed by atoms with van der Waals surface area (Å²) in [6.07, 6.45) is 8.39. The highest BCUT2D eigenvalue weighted by atomic mass is 19.1. The number of nitrogens with two attached hydrogens (primary N) is 1. The summed E-state index contributed by atoms with van der Waals surface area (Å²) >= 11 is 0. The third-order valence-electron chi connectivity index (χ3n) is 3.80. The number of hydrogen-bond acceptors (Lipinski definition) is 1. The van der Waals surface area contributed by atoms with E-state index in [-0.39, 0.29) is 5.82 Å². The van der Waals surface area contributed by atoms with Crippen molar-refractivity contribution in [3.8, 4) is 0 Å². The molecule has 110 valence electrons. The highest BCUT2D eigenvalue weighted by Crippen LogP contribution is 2.16. The molecule has 0 radical (unpaired) electrons. The number of benzene rings is 1. The average Bonchev–Trinajstić information content (AvgIpc) is 2.70. The van der Waals surface area contributed by atoms with E-state index in [1.54, 1.807) is 12.1 Å². The van der Waals surface area contributed by atoms with Gasteiger partial charge in [-0.2, -0.15) is 0 Å². The lowest BCUT2D eigenvalue weighted by atomic mass is 10.1. The van der Waals surface area contributed by atoms with Gasteiger partial charge in [0.25, 0.3) is 0 Å². The molecule has 20 heavy (non-hydrogen) atoms. The maximum absolute atomic E-state index is 12.8. The van der Waals surface area contributed by atoms with Crippen LogP contribution in [-0.4, -0.2) is 18.5 Å². The minimum absolute atomic E-state index is 0.202. The Hall–Kier alpha value is -1.58. The monoisotopic (exact) mass is 277 g/mol. The van der Waals surface area contributed by atoms with E-state index in [2.05, 4.69) is 10.3 Å². The standard InChI is InChI=1S/C16H24FN3/c17-14-9-7-13(8-10-14)11-12-19-16(18)20-15-5-3-1-2-4-6-15/h7-10,15H,1-6,11-12H2,(H3,18,19,20). The van der Waals surface area contributed by atoms with E-state index >= 15 is 0 Å². The van der Waals surface area contributed by atoms with Gasteiger partial charge in [0.2, 0.25) is 0 Å². The van der Waals surface area contributed by atoms with Crippen LogP contribution in [0.2, 0.25) is 0 Å². The second-order valence-electron chi connectivity index (χ2n) is 5.48. The van der Waals surface area contributed by atoms with Crippen LogP contribution in [0.25, 0.3) is 0 Å². The molecule has 0 unspecified atom stereocenters. The fourth-order valence-corrected chi connectivity index (χ4v) is 2.64. The molecule has 0 spiro atoms. The fourth-order valence-electron chi connectivity index (χ4n) is 2.64. The summed E-state index contributed by atoms with van der Waals surface area (Å²) in [6.45, 7) is 0.636. The zero-order valence-electron chi connectivity index (χ0n) is 11.9. The fraction of sp³-hybridized carbons (Fsp3) is 0.562. The maximum Gasteiger partial charge on any atom is 0.188 e. The van der Waals surface area contributed by atoms with Crippen LogP contribution >= 0.6 is 0 Å². The summed E-state index contributed by atoms with van der Waals surface area (Å²) in [7, 11) is 0. The molecule has 1 saturated carbocycles. The molecule has 0 aromatic heterocycles. The van der Waals surface area contributed by atoms with Crippen LogP contribution in [0.4, 0.5) is 4.39 Å². The summed E-state index contributed by atoms with van der Waals surface area (Å²) < 4.78 is 12.8. The van der Waals surface area contributed by atoms with Crippen molar-refractivity contribution in [1.82, 2.24) is 5.32 Å². The summed E-state index contributed by atoms with van der Waals surface area (Å²) in [5, 5.41) is 3.32. The number of halogens is 1. The van der Waals surface area contributed by atoms with Crippen LogP contribution < -0.4 is 11.1 Å². The summed E-state index contributed by atoms with van der Waals surface area (Å²) in [4.78, 5) is 4.36. The summed E-state index contributed by atoms with van der Waals surface area (Å²) in [5.74, 6) is 0.339. The first-order valence-corrected chi connectivity index (χ1v) is 7.55. The van der Waals surface area contributed by atoms with Gasteiger partial charge in [-0.3, -0.25) is 4.99 Å². The Kier molecular flexibility index (Phi) is 5.84. The van der Waals surface area contributed by atoms with Gasteiger partial charge in [0.1, 0.15) is 5.82 Å². The van der Waals surface area contributed by atoms with Crippen molar-refractivity contribution in [2.75, 3.05) is 6.54 Å². The van der Waals surface area contributed by atoms with Crippen LogP contribution in [0.1, 0.15) is 44.1 Å². The van der Waals surface area contributed by atoms with E-state index in [4.69, 9.17) is 5.73 Å². The molecule has 0 aliphatic heterocycles. The molecule has 0 amide bonds. The number of nitrogens with zero attached hydrogens (tertiary/aromatic N) is 1. The predicted molar refractivity (Wildman–Crippen MR) is 81.2 cm³/mol. The molecule has 0 bridgehead atoms. The van der Waals surface area contributed by atoms with Crippen LogP contribution in [0.15, 0.2) is 29.3 Å². The zero-order valence-corrected chi connectivity index (χ0v) is 11.9. The molecule has 0 heterocycles. The molecular formula is C16H24FN3. The predicted octanol–water partition coefficient (Wildman–Crippen LogP) is 3.00. The first-order valence-electron chi connectivity index (χ1n) is 7.55. The number of guanidine groups is 1. The molecule has 1 aromatic rings. The molecule has 0 atom stereocenters. The van der Waals surface area contributed by atoms with E-state index in [0.717, 1.165) is 12.0 Å². The molecule has 1 aromatic carbocycles. The van der Waals surface area contributed by atoms with Gasteiger partial charge in [-0.15, -0.1) is 0 Å². The largest absolute Gasteiger partial charge is 0.370 e. The van der Waals surface area contributed by atoms with E-state index < -0.39 is 0 Å². The Labute approximate surface area is 120 Å². The van der Waals surface area contributed by atoms with Crippen LogP contribution in [0, 0.1) is 5.82 Å². The number of hydrogen-bond donors (Lipinski definition) is 2. The Morgan fingerprint density at radius 1 is 1.15 bits per heavy atom. The van der Waals surface area contributed by atoms with Crippen molar-refractivity contribution in [3.63, 3.8) is 0 Å². The van der Waals surface area contributed by atoms with Gasteiger partial charge in [-0.1, -0.05) is 37.8 Å². The van der Waals surface area contributed by atoms with Crippen molar-refractivity contribution < 1.29 is 4.39 Å². The first kappa shape index (κ1) is 14.8. The van der Waals surface area contributed by atoms with Crippen molar-refractivity contribution >= 4 is 5.96 Å². The topological polar surface area (TPSA) is 50.4 Å². The molecule has 4 heteroatoms. The maximum atomic E-state index is 12.8. The second-order valence-corrected chi connectivity index (χ2v) is 5.48. The van der Waals surface area contributed by atoms with Gasteiger partial charge >= 0.3 is 0 Å². The Bertz CT molecular complexity index is 420. The second kappa shape index (κ2) is 7.88. The number of aliphatic imine (C=N–C) groups is 1. The average molecular weight is 277 g/mol. The highest BCUT2D eigenvalue weighted by Gasteiger charge is 2.11. The van der Waals surface area contributed by atoms with Crippen molar-refractivity contribution in [2.45, 2.75) is 51.0 Å². The van der Waals surface area contributed by atoms with Crippen molar-refractivity contribution in [2.24, 2.45) is 10.7 Å². The molecule has 1 aliphatic rings. The third-order valence-corrected chi connectivity index (χ3v) is 3.80. The lowest BCUT2D eigenvalue weighted by Gasteiger charge is -2.16. The molecule has 1 aliphatic carbocycles. The van der Waals surface area contributed by atoms with Crippen LogP contribution in [0.5, 0.6) is 0 Å². The third kappa shape index (κ3) is 5.19. The Morgan fingerprint density at radius 2 is 1.80 bits per heavy atom. The molecule has 2 rings (SSSR count). The molecule has 1 fully saturated rings. The molecule has 0 saturated heterocycles. The SMILES string of the molecule is NC(=NCCc1ccc(F)cc1)NC1CCCCCC1. The highest BCUT2D eigenvalue weighted by molar-refractivity contribution is 5.78. The van der Waals surface area contributed by atoms with Crippen molar-refractivity contribution in [3.05, 3.63) is 35.6 Å². The first-order chi connectivity index (χ1) is 9.74. The van der Waals surface area contributed by atoms with Gasteiger partial charge in [-0.25, -0.2) is 4.39 Å². The van der Waals surface area contributed by atoms with E-state index in [1.807, 2.05) is 0 Å². The summed E-state index contributed by atoms with van der Waals surface area (Å²) in [5.41, 5.74) is 7.00. The van der Waals surface area contributed by atoms with E-state index in [1.165, 1.54) is 50.7 Å². The van der Waals surface area contributed by atoms with E-state index in [0.29, 0.717) is 18.5 Å². The van der Waals surface area contributed by atoms with Gasteiger partial charge in [0, 0.05) is 12.6 Å². The Morgan fingerprint density at radius 3 is 2.45 bits per heavy atom. The van der Waals surface area contributed by atoms with Gasteiger partial charge in [0.15, 0.2) is 5.96 Å². The molecule has 3 nitrogen and oxygen atoms in total. The lowest BCUT2D eigenvalue weighted by molar-refractivity contribution is 0.530. The summed E-state index contributed by atoms with van der Waals surface area (Å²) in [6, 6.07) is 7.02. The smallest absolute Gasteiger partial charge is 0.188 e. The van der Waals surface area contributed by atoms with Gasteiger partial charge in [-0.05, 0) is 37.0 Å². The lowest BCUT2D eigenvalue weighted by Crippen LogP contribution is -2.40. The van der Waals surface area contributed by atoms with Crippen LogP contribution in [0.3, 0.4) is 0 Å². The van der Waals surface area contributed by atoms with Crippen molar-refractivity contribution in [1.29, 1.82) is 0 Å². The van der Waals surface area contributed by atoms with Crippen LogP contribution in [-0.2, 0) is 6.42 Å². The normalized spacial score (nSPS) is 17.8. The molecule has 3 N–H and O–H groups in total. The zero-order chi connectivity index (χ0) is 14.2. The Balaban J connectivity index is 1.74. The quantitative estimate of drug-likeness (QED) is 0.505. The van der Waals surface area contributed by atoms with Gasteiger partial charge < -0.3 is 11.1 Å². The minimum atomic E-state index is -0.202. The molecular weight excluding hydrogens is 253 g/mol.